The SMILES string of the molecule is Cn1c(=O)c(Br)cn(OCCO)c1=O. The average molecular weight is 265 g/mol. The van der Waals surface area contributed by atoms with Crippen LogP contribution in [0, 0.1) is 0 Å². The molecule has 0 unspecified atom stereocenters. The van der Waals surface area contributed by atoms with Crippen molar-refractivity contribution in [1.82, 2.24) is 9.30 Å². The van der Waals surface area contributed by atoms with E-state index in [0.717, 1.165) is 9.30 Å². The van der Waals surface area contributed by atoms with Gasteiger partial charge in [0, 0.05) is 7.05 Å². The summed E-state index contributed by atoms with van der Waals surface area (Å²) in [7, 11) is 1.34. The molecule has 0 spiro atoms. The molecule has 0 aliphatic rings. The lowest BCUT2D eigenvalue weighted by molar-refractivity contribution is 0.0639. The first kappa shape index (κ1) is 11.0. The number of aromatic nitrogens is 2. The topological polar surface area (TPSA) is 73.5 Å². The molecule has 1 aromatic heterocycles. The summed E-state index contributed by atoms with van der Waals surface area (Å²) in [5.41, 5.74) is -1.02. The first-order valence-electron chi connectivity index (χ1n) is 3.80. The van der Waals surface area contributed by atoms with Crippen molar-refractivity contribution in [2.24, 2.45) is 7.05 Å². The summed E-state index contributed by atoms with van der Waals surface area (Å²) in [4.78, 5) is 27.4. The fourth-order valence-electron chi connectivity index (χ4n) is 0.840. The molecule has 1 N–H and O–H groups in total. The van der Waals surface area contributed by atoms with Crippen LogP contribution in [0.15, 0.2) is 20.3 Å². The third-order valence-electron chi connectivity index (χ3n) is 1.54. The highest BCUT2D eigenvalue weighted by Crippen LogP contribution is 1.97. The van der Waals surface area contributed by atoms with Crippen molar-refractivity contribution >= 4 is 15.9 Å². The highest BCUT2D eigenvalue weighted by molar-refractivity contribution is 9.10. The quantitative estimate of drug-likeness (QED) is 0.739. The van der Waals surface area contributed by atoms with Gasteiger partial charge < -0.3 is 9.94 Å². The summed E-state index contributed by atoms with van der Waals surface area (Å²) in [5, 5.41) is 8.49. The van der Waals surface area contributed by atoms with Gasteiger partial charge >= 0.3 is 5.69 Å². The molecule has 0 radical (unpaired) electrons. The summed E-state index contributed by atoms with van der Waals surface area (Å²) >= 11 is 2.99. The van der Waals surface area contributed by atoms with Crippen LogP contribution in [-0.2, 0) is 7.05 Å². The van der Waals surface area contributed by atoms with E-state index in [9.17, 15) is 9.59 Å². The minimum absolute atomic E-state index is 0.00937. The summed E-state index contributed by atoms with van der Waals surface area (Å²) < 4.78 is 2.01. The Morgan fingerprint density at radius 2 is 2.21 bits per heavy atom. The molecule has 0 atom stereocenters. The number of aliphatic hydroxyl groups excluding tert-OH is 1. The lowest BCUT2D eigenvalue weighted by Gasteiger charge is -2.08. The minimum atomic E-state index is -0.591. The Morgan fingerprint density at radius 3 is 2.79 bits per heavy atom. The van der Waals surface area contributed by atoms with Crippen LogP contribution in [0.25, 0.3) is 0 Å². The van der Waals surface area contributed by atoms with E-state index in [2.05, 4.69) is 15.9 Å². The molecule has 14 heavy (non-hydrogen) atoms. The molecule has 0 aliphatic carbocycles. The van der Waals surface area contributed by atoms with Gasteiger partial charge in [0.1, 0.15) is 11.1 Å². The second-order valence-corrected chi connectivity index (χ2v) is 3.36. The van der Waals surface area contributed by atoms with Gasteiger partial charge in [0.15, 0.2) is 0 Å². The minimum Gasteiger partial charge on any atom is -0.407 e. The molecular weight excluding hydrogens is 256 g/mol. The zero-order chi connectivity index (χ0) is 10.7. The first-order chi connectivity index (χ1) is 6.57. The molecule has 0 aliphatic heterocycles. The van der Waals surface area contributed by atoms with Crippen LogP contribution in [0.1, 0.15) is 0 Å². The Morgan fingerprint density at radius 1 is 1.57 bits per heavy atom. The van der Waals surface area contributed by atoms with Crippen molar-refractivity contribution < 1.29 is 9.94 Å². The standard InChI is InChI=1S/C7H9BrN2O4/c1-9-6(12)5(8)4-10(7(9)13)14-3-2-11/h4,11H,2-3H2,1H3. The van der Waals surface area contributed by atoms with Gasteiger partial charge in [-0.1, -0.05) is 0 Å². The zero-order valence-corrected chi connectivity index (χ0v) is 9.02. The maximum Gasteiger partial charge on any atom is 0.363 e. The molecule has 0 saturated heterocycles. The molecule has 1 heterocycles. The third-order valence-corrected chi connectivity index (χ3v) is 2.08. The van der Waals surface area contributed by atoms with E-state index in [0.29, 0.717) is 0 Å². The molecule has 0 amide bonds. The van der Waals surface area contributed by atoms with Crippen LogP contribution < -0.4 is 16.1 Å². The Bertz CT molecular complexity index is 436. The maximum atomic E-state index is 11.3. The number of rotatable bonds is 3. The van der Waals surface area contributed by atoms with E-state index in [1.54, 1.807) is 0 Å². The van der Waals surface area contributed by atoms with E-state index in [4.69, 9.17) is 9.94 Å². The monoisotopic (exact) mass is 264 g/mol. The van der Waals surface area contributed by atoms with Gasteiger partial charge in [-0.2, -0.15) is 0 Å². The number of hydrogen-bond donors (Lipinski definition) is 1. The van der Waals surface area contributed by atoms with Gasteiger partial charge in [-0.15, -0.1) is 4.73 Å². The van der Waals surface area contributed by atoms with Gasteiger partial charge in [-0.25, -0.2) is 4.79 Å². The third kappa shape index (κ3) is 2.05. The molecular formula is C7H9BrN2O4. The van der Waals surface area contributed by atoms with Gasteiger partial charge in [0.05, 0.1) is 12.8 Å². The molecule has 1 rings (SSSR count). The largest absolute Gasteiger partial charge is 0.407 e. The van der Waals surface area contributed by atoms with Gasteiger partial charge in [0.25, 0.3) is 5.56 Å². The summed E-state index contributed by atoms with van der Waals surface area (Å²) in [5.74, 6) is 0. The summed E-state index contributed by atoms with van der Waals surface area (Å²) in [6, 6.07) is 0. The second-order valence-electron chi connectivity index (χ2n) is 2.51. The summed E-state index contributed by atoms with van der Waals surface area (Å²) in [6.45, 7) is -0.211. The van der Waals surface area contributed by atoms with Crippen LogP contribution in [0.4, 0.5) is 0 Å². The summed E-state index contributed by atoms with van der Waals surface area (Å²) in [6.07, 6.45) is 1.22. The van der Waals surface area contributed by atoms with Crippen molar-refractivity contribution in [1.29, 1.82) is 0 Å². The van der Waals surface area contributed by atoms with E-state index in [1.165, 1.54) is 13.2 Å². The van der Waals surface area contributed by atoms with Crippen molar-refractivity contribution in [2.75, 3.05) is 13.2 Å². The van der Waals surface area contributed by atoms with Crippen LogP contribution in [0.2, 0.25) is 0 Å². The molecule has 6 nitrogen and oxygen atoms in total. The zero-order valence-electron chi connectivity index (χ0n) is 7.44. The second kappa shape index (κ2) is 4.43. The molecule has 0 saturated carbocycles. The first-order valence-corrected chi connectivity index (χ1v) is 4.59. The Balaban J connectivity index is 3.20. The average Bonchev–Trinajstić information content (AvgIpc) is 2.18. The van der Waals surface area contributed by atoms with Crippen molar-refractivity contribution in [3.8, 4) is 0 Å². The Hall–Kier alpha value is -1.08. The smallest absolute Gasteiger partial charge is 0.363 e. The molecule has 78 valence electrons. The van der Waals surface area contributed by atoms with Crippen molar-refractivity contribution in [3.63, 3.8) is 0 Å². The number of nitrogens with zero attached hydrogens (tertiary/aromatic N) is 2. The lowest BCUT2D eigenvalue weighted by atomic mass is 10.6. The van der Waals surface area contributed by atoms with Gasteiger partial charge in [-0.05, 0) is 15.9 Å². The van der Waals surface area contributed by atoms with Crippen LogP contribution >= 0.6 is 15.9 Å². The van der Waals surface area contributed by atoms with Gasteiger partial charge in [0.2, 0.25) is 0 Å². The van der Waals surface area contributed by atoms with E-state index in [1.807, 2.05) is 0 Å². The van der Waals surface area contributed by atoms with Gasteiger partial charge in [-0.3, -0.25) is 9.36 Å². The number of hydrogen-bond acceptors (Lipinski definition) is 4. The van der Waals surface area contributed by atoms with E-state index < -0.39 is 11.2 Å². The molecule has 0 bridgehead atoms. The number of aliphatic hydroxyl groups is 1. The maximum absolute atomic E-state index is 11.3. The lowest BCUT2D eigenvalue weighted by Crippen LogP contribution is -2.41. The van der Waals surface area contributed by atoms with Crippen molar-refractivity contribution in [2.45, 2.75) is 0 Å². The van der Waals surface area contributed by atoms with E-state index >= 15 is 0 Å². The van der Waals surface area contributed by atoms with Crippen molar-refractivity contribution in [3.05, 3.63) is 31.5 Å². The molecule has 0 aromatic carbocycles. The Labute approximate surface area is 87.4 Å². The highest BCUT2D eigenvalue weighted by Gasteiger charge is 2.06. The normalized spacial score (nSPS) is 10.2. The molecule has 0 fully saturated rings. The fraction of sp³-hybridized carbons (Fsp3) is 0.429. The van der Waals surface area contributed by atoms with E-state index in [-0.39, 0.29) is 17.7 Å². The number of halogens is 1. The molecule has 1 aromatic rings. The highest BCUT2D eigenvalue weighted by atomic mass is 79.9. The predicted molar refractivity (Wildman–Crippen MR) is 52.2 cm³/mol. The fourth-order valence-corrected chi connectivity index (χ4v) is 1.29. The predicted octanol–water partition coefficient (Wildman–Crippen LogP) is -1.27. The van der Waals surface area contributed by atoms with Crippen LogP contribution in [0.3, 0.4) is 0 Å². The molecule has 7 heteroatoms. The van der Waals surface area contributed by atoms with Crippen LogP contribution in [0.5, 0.6) is 0 Å². The van der Waals surface area contributed by atoms with Crippen LogP contribution in [-0.4, -0.2) is 27.6 Å². The Kier molecular flexibility index (Phi) is 3.48.